The third-order valence-electron chi connectivity index (χ3n) is 2.09. The Hall–Kier alpha value is -0.870. The van der Waals surface area contributed by atoms with Gasteiger partial charge in [-0.25, -0.2) is 0 Å². The molecule has 0 atom stereocenters. The van der Waals surface area contributed by atoms with Crippen molar-refractivity contribution in [2.45, 2.75) is 19.8 Å². The molecule has 0 aliphatic rings. The van der Waals surface area contributed by atoms with E-state index in [0.717, 1.165) is 0 Å². The highest BCUT2D eigenvalue weighted by Crippen LogP contribution is 2.22. The third kappa shape index (κ3) is 4.48. The molecule has 17 heavy (non-hydrogen) atoms. The second-order valence-corrected chi connectivity index (χ2v) is 4.64. The van der Waals surface area contributed by atoms with Gasteiger partial charge in [0.1, 0.15) is 0 Å². The zero-order valence-electron chi connectivity index (χ0n) is 9.33. The van der Waals surface area contributed by atoms with E-state index in [4.69, 9.17) is 16.3 Å². The second kappa shape index (κ2) is 6.77. The van der Waals surface area contributed by atoms with Crippen molar-refractivity contribution in [1.82, 2.24) is 0 Å². The molecule has 0 heterocycles. The molecule has 1 aromatic rings. The fraction of sp³-hybridized carbons (Fsp3) is 0.333. The van der Waals surface area contributed by atoms with Crippen LogP contribution in [-0.2, 0) is 9.53 Å². The first-order valence-electron chi connectivity index (χ1n) is 5.18. The molecule has 3 nitrogen and oxygen atoms in total. The zero-order valence-corrected chi connectivity index (χ0v) is 11.7. The predicted octanol–water partition coefficient (Wildman–Crippen LogP) is 3.63. The van der Waals surface area contributed by atoms with E-state index in [9.17, 15) is 9.59 Å². The van der Waals surface area contributed by atoms with Gasteiger partial charge in [-0.1, -0.05) is 27.5 Å². The largest absolute Gasteiger partial charge is 0.466 e. The Labute approximate surface area is 113 Å². The minimum absolute atomic E-state index is 0.0889. The Morgan fingerprint density at radius 2 is 2.06 bits per heavy atom. The van der Waals surface area contributed by atoms with Crippen molar-refractivity contribution in [2.24, 2.45) is 0 Å². The number of benzene rings is 1. The average molecular weight is 320 g/mol. The summed E-state index contributed by atoms with van der Waals surface area (Å²) >= 11 is 9.08. The molecule has 0 saturated heterocycles. The van der Waals surface area contributed by atoms with Gasteiger partial charge in [0.15, 0.2) is 5.78 Å². The molecule has 0 saturated carbocycles. The van der Waals surface area contributed by atoms with Gasteiger partial charge in [0.2, 0.25) is 0 Å². The number of Topliss-reactive ketones (excluding diaryl/α,β-unsaturated/α-hetero) is 1. The Morgan fingerprint density at radius 1 is 1.35 bits per heavy atom. The van der Waals surface area contributed by atoms with Crippen LogP contribution in [0.15, 0.2) is 22.7 Å². The number of hydrogen-bond acceptors (Lipinski definition) is 3. The fourth-order valence-electron chi connectivity index (χ4n) is 1.29. The van der Waals surface area contributed by atoms with Crippen molar-refractivity contribution in [3.63, 3.8) is 0 Å². The number of carbonyl (C=O) groups excluding carboxylic acids is 2. The number of hydrogen-bond donors (Lipinski definition) is 0. The molecule has 0 fully saturated rings. The lowest BCUT2D eigenvalue weighted by atomic mass is 10.1. The van der Waals surface area contributed by atoms with E-state index in [0.29, 0.717) is 21.7 Å². The van der Waals surface area contributed by atoms with Crippen LogP contribution in [0.3, 0.4) is 0 Å². The lowest BCUT2D eigenvalue weighted by Gasteiger charge is -2.04. The van der Waals surface area contributed by atoms with E-state index in [1.807, 2.05) is 0 Å². The highest BCUT2D eigenvalue weighted by atomic mass is 79.9. The first-order chi connectivity index (χ1) is 8.04. The van der Waals surface area contributed by atoms with Crippen LogP contribution in [0.1, 0.15) is 30.1 Å². The Bertz CT molecular complexity index is 432. The SMILES string of the molecule is CCOC(=O)CCC(=O)c1cc(Cl)ccc1Br. The standard InChI is InChI=1S/C12H12BrClO3/c1-2-17-12(16)6-5-11(15)9-7-8(14)3-4-10(9)13/h3-4,7H,2,5-6H2,1H3. The number of ketones is 1. The highest BCUT2D eigenvalue weighted by molar-refractivity contribution is 9.10. The summed E-state index contributed by atoms with van der Waals surface area (Å²) in [7, 11) is 0. The normalized spacial score (nSPS) is 10.1. The summed E-state index contributed by atoms with van der Waals surface area (Å²) in [5.41, 5.74) is 0.488. The monoisotopic (exact) mass is 318 g/mol. The minimum Gasteiger partial charge on any atom is -0.466 e. The van der Waals surface area contributed by atoms with Gasteiger partial charge in [0, 0.05) is 21.5 Å². The molecule has 0 aliphatic carbocycles. The van der Waals surface area contributed by atoms with E-state index in [-0.39, 0.29) is 24.6 Å². The van der Waals surface area contributed by atoms with Crippen LogP contribution in [0.25, 0.3) is 0 Å². The van der Waals surface area contributed by atoms with Crippen molar-refractivity contribution < 1.29 is 14.3 Å². The van der Waals surface area contributed by atoms with Gasteiger partial charge >= 0.3 is 5.97 Å². The first kappa shape index (κ1) is 14.2. The number of carbonyl (C=O) groups is 2. The van der Waals surface area contributed by atoms with Crippen LogP contribution in [0.4, 0.5) is 0 Å². The zero-order chi connectivity index (χ0) is 12.8. The van der Waals surface area contributed by atoms with Crippen LogP contribution in [0.2, 0.25) is 5.02 Å². The van der Waals surface area contributed by atoms with Gasteiger partial charge in [-0.05, 0) is 25.1 Å². The lowest BCUT2D eigenvalue weighted by molar-refractivity contribution is -0.143. The lowest BCUT2D eigenvalue weighted by Crippen LogP contribution is -2.08. The summed E-state index contributed by atoms with van der Waals surface area (Å²) in [5, 5.41) is 0.493. The maximum atomic E-state index is 11.8. The molecule has 92 valence electrons. The summed E-state index contributed by atoms with van der Waals surface area (Å²) in [4.78, 5) is 22.9. The molecule has 0 aliphatic heterocycles. The summed E-state index contributed by atoms with van der Waals surface area (Å²) < 4.78 is 5.43. The van der Waals surface area contributed by atoms with Crippen LogP contribution in [-0.4, -0.2) is 18.4 Å². The molecule has 0 unspecified atom stereocenters. The fourth-order valence-corrected chi connectivity index (χ4v) is 1.93. The smallest absolute Gasteiger partial charge is 0.306 e. The predicted molar refractivity (Wildman–Crippen MR) is 69.3 cm³/mol. The number of esters is 1. The van der Waals surface area contributed by atoms with E-state index in [1.165, 1.54) is 0 Å². The Morgan fingerprint density at radius 3 is 2.71 bits per heavy atom. The molecule has 0 spiro atoms. The van der Waals surface area contributed by atoms with Gasteiger partial charge in [0.05, 0.1) is 13.0 Å². The molecule has 5 heteroatoms. The van der Waals surface area contributed by atoms with Crippen molar-refractivity contribution in [1.29, 1.82) is 0 Å². The summed E-state index contributed by atoms with van der Waals surface area (Å²) in [6.07, 6.45) is 0.212. The van der Waals surface area contributed by atoms with Gasteiger partial charge < -0.3 is 4.74 Å². The number of rotatable bonds is 5. The van der Waals surface area contributed by atoms with Crippen molar-refractivity contribution in [3.05, 3.63) is 33.3 Å². The Balaban J connectivity index is 2.64. The third-order valence-corrected chi connectivity index (χ3v) is 3.02. The van der Waals surface area contributed by atoms with Crippen LogP contribution in [0, 0.1) is 0 Å². The van der Waals surface area contributed by atoms with Crippen LogP contribution in [0.5, 0.6) is 0 Å². The number of halogens is 2. The number of ether oxygens (including phenoxy) is 1. The Kier molecular flexibility index (Phi) is 5.65. The maximum absolute atomic E-state index is 11.8. The van der Waals surface area contributed by atoms with E-state index >= 15 is 0 Å². The summed E-state index contributed by atoms with van der Waals surface area (Å²) in [6.45, 7) is 2.06. The molecule has 0 radical (unpaired) electrons. The van der Waals surface area contributed by atoms with Crippen LogP contribution >= 0.6 is 27.5 Å². The molecule has 0 amide bonds. The van der Waals surface area contributed by atoms with Gasteiger partial charge in [-0.15, -0.1) is 0 Å². The molecule has 0 bridgehead atoms. The van der Waals surface area contributed by atoms with E-state index in [2.05, 4.69) is 15.9 Å². The second-order valence-electron chi connectivity index (χ2n) is 3.35. The van der Waals surface area contributed by atoms with E-state index in [1.54, 1.807) is 25.1 Å². The molecule has 0 N–H and O–H groups in total. The van der Waals surface area contributed by atoms with Crippen molar-refractivity contribution in [2.75, 3.05) is 6.61 Å². The van der Waals surface area contributed by atoms with E-state index < -0.39 is 0 Å². The van der Waals surface area contributed by atoms with Gasteiger partial charge in [-0.3, -0.25) is 9.59 Å². The molecular weight excluding hydrogens is 307 g/mol. The summed E-state index contributed by atoms with van der Waals surface area (Å²) in [5.74, 6) is -0.494. The molecule has 1 aromatic carbocycles. The van der Waals surface area contributed by atoms with Crippen molar-refractivity contribution in [3.8, 4) is 0 Å². The average Bonchev–Trinajstić information content (AvgIpc) is 2.29. The molecular formula is C12H12BrClO3. The first-order valence-corrected chi connectivity index (χ1v) is 6.35. The maximum Gasteiger partial charge on any atom is 0.306 e. The quantitative estimate of drug-likeness (QED) is 0.615. The highest BCUT2D eigenvalue weighted by Gasteiger charge is 2.13. The summed E-state index contributed by atoms with van der Waals surface area (Å²) in [6, 6.07) is 4.98. The topological polar surface area (TPSA) is 43.4 Å². The van der Waals surface area contributed by atoms with Gasteiger partial charge in [0.25, 0.3) is 0 Å². The minimum atomic E-state index is -0.362. The molecule has 0 aromatic heterocycles. The van der Waals surface area contributed by atoms with Crippen molar-refractivity contribution >= 4 is 39.3 Å². The van der Waals surface area contributed by atoms with Crippen LogP contribution < -0.4 is 0 Å². The molecule has 1 rings (SSSR count). The van der Waals surface area contributed by atoms with Gasteiger partial charge in [-0.2, -0.15) is 0 Å².